The van der Waals surface area contributed by atoms with Gasteiger partial charge in [0.05, 0.1) is 0 Å². The van der Waals surface area contributed by atoms with Crippen molar-refractivity contribution in [1.29, 1.82) is 0 Å². The quantitative estimate of drug-likeness (QED) is 0.911. The van der Waals surface area contributed by atoms with Gasteiger partial charge in [0.15, 0.2) is 6.10 Å². The monoisotopic (exact) mass is 284 g/mol. The summed E-state index contributed by atoms with van der Waals surface area (Å²) < 4.78 is 5.70. The largest absolute Gasteiger partial charge is 0.478 e. The van der Waals surface area contributed by atoms with Crippen molar-refractivity contribution in [3.8, 4) is 5.75 Å². The lowest BCUT2D eigenvalue weighted by molar-refractivity contribution is -0.145. The van der Waals surface area contributed by atoms with Crippen molar-refractivity contribution < 1.29 is 14.6 Å². The van der Waals surface area contributed by atoms with Crippen LogP contribution in [0.2, 0.25) is 0 Å². The molecular weight excluding hydrogens is 264 g/mol. The van der Waals surface area contributed by atoms with E-state index in [2.05, 4.69) is 6.07 Å². The van der Waals surface area contributed by atoms with E-state index in [-0.39, 0.29) is 0 Å². The average molecular weight is 284 g/mol. The lowest BCUT2D eigenvalue weighted by atomic mass is 10.0. The van der Waals surface area contributed by atoms with Crippen LogP contribution in [-0.2, 0) is 11.2 Å². The van der Waals surface area contributed by atoms with Gasteiger partial charge in [0.25, 0.3) is 0 Å². The minimum absolute atomic E-state index is 0.357. The van der Waals surface area contributed by atoms with Crippen LogP contribution in [-0.4, -0.2) is 17.2 Å². The van der Waals surface area contributed by atoms with Crippen molar-refractivity contribution in [1.82, 2.24) is 0 Å². The fourth-order valence-electron chi connectivity index (χ4n) is 2.30. The molecule has 0 amide bonds. The molecule has 0 radical (unpaired) electrons. The second-order valence-electron chi connectivity index (χ2n) is 5.34. The molecule has 0 aliphatic heterocycles. The number of aliphatic carboxylic acids is 1. The molecule has 1 N–H and O–H groups in total. The average Bonchev–Trinajstić information content (AvgIpc) is 2.42. The van der Waals surface area contributed by atoms with Gasteiger partial charge in [0, 0.05) is 6.42 Å². The first-order chi connectivity index (χ1) is 9.97. The lowest BCUT2D eigenvalue weighted by Crippen LogP contribution is -2.30. The molecule has 0 aromatic heterocycles. The Kier molecular flexibility index (Phi) is 4.63. The van der Waals surface area contributed by atoms with E-state index >= 15 is 0 Å². The van der Waals surface area contributed by atoms with Crippen molar-refractivity contribution in [2.24, 2.45) is 0 Å². The van der Waals surface area contributed by atoms with E-state index in [0.717, 1.165) is 16.7 Å². The van der Waals surface area contributed by atoms with E-state index in [4.69, 9.17) is 4.74 Å². The fraction of sp³-hybridized carbons (Fsp3) is 0.278. The Balaban J connectivity index is 2.20. The molecule has 1 unspecified atom stereocenters. The van der Waals surface area contributed by atoms with Crippen molar-refractivity contribution in [2.45, 2.75) is 33.3 Å². The number of aryl methyl sites for hydroxylation is 3. The Hall–Kier alpha value is -2.29. The Morgan fingerprint density at radius 3 is 2.43 bits per heavy atom. The molecule has 2 aromatic carbocycles. The van der Waals surface area contributed by atoms with E-state index in [0.29, 0.717) is 12.2 Å². The highest BCUT2D eigenvalue weighted by Crippen LogP contribution is 2.20. The van der Waals surface area contributed by atoms with Crippen molar-refractivity contribution in [3.05, 3.63) is 64.7 Å². The first-order valence-electron chi connectivity index (χ1n) is 6.98. The standard InChI is InChI=1S/C18H20O3/c1-12-8-9-15(14(3)10-12)11-17(18(19)20)21-16-7-5-4-6-13(16)2/h4-10,17H,11H2,1-3H3,(H,19,20). The Morgan fingerprint density at radius 1 is 1.10 bits per heavy atom. The smallest absolute Gasteiger partial charge is 0.345 e. The van der Waals surface area contributed by atoms with Gasteiger partial charge in [-0.05, 0) is 43.5 Å². The molecular formula is C18H20O3. The number of carboxylic acids is 1. The maximum absolute atomic E-state index is 11.5. The molecule has 0 fully saturated rings. The number of rotatable bonds is 5. The van der Waals surface area contributed by atoms with Crippen LogP contribution in [0.5, 0.6) is 5.75 Å². The number of carbonyl (C=O) groups is 1. The molecule has 0 saturated carbocycles. The van der Waals surface area contributed by atoms with Crippen LogP contribution < -0.4 is 4.74 Å². The molecule has 0 aliphatic carbocycles. The second-order valence-corrected chi connectivity index (χ2v) is 5.34. The van der Waals surface area contributed by atoms with Gasteiger partial charge >= 0.3 is 5.97 Å². The summed E-state index contributed by atoms with van der Waals surface area (Å²) in [6, 6.07) is 13.5. The molecule has 0 spiro atoms. The molecule has 3 nitrogen and oxygen atoms in total. The van der Waals surface area contributed by atoms with Gasteiger partial charge in [-0.2, -0.15) is 0 Å². The predicted molar refractivity (Wildman–Crippen MR) is 82.9 cm³/mol. The van der Waals surface area contributed by atoms with Crippen LogP contribution in [0.4, 0.5) is 0 Å². The van der Waals surface area contributed by atoms with Gasteiger partial charge in [0.1, 0.15) is 5.75 Å². The van der Waals surface area contributed by atoms with Gasteiger partial charge in [0.2, 0.25) is 0 Å². The Morgan fingerprint density at radius 2 is 1.81 bits per heavy atom. The molecule has 110 valence electrons. The first kappa shape index (κ1) is 15.1. The zero-order chi connectivity index (χ0) is 15.4. The summed E-state index contributed by atoms with van der Waals surface area (Å²) in [4.78, 5) is 11.5. The molecule has 0 saturated heterocycles. The van der Waals surface area contributed by atoms with E-state index in [1.807, 2.05) is 51.1 Å². The maximum Gasteiger partial charge on any atom is 0.345 e. The molecule has 0 bridgehead atoms. The summed E-state index contributed by atoms with van der Waals surface area (Å²) in [6.07, 6.45) is -0.525. The van der Waals surface area contributed by atoms with E-state index in [1.54, 1.807) is 6.07 Å². The normalized spacial score (nSPS) is 12.0. The summed E-state index contributed by atoms with van der Waals surface area (Å²) >= 11 is 0. The third-order valence-electron chi connectivity index (χ3n) is 3.54. The van der Waals surface area contributed by atoms with E-state index < -0.39 is 12.1 Å². The molecule has 1 atom stereocenters. The van der Waals surface area contributed by atoms with Crippen LogP contribution >= 0.6 is 0 Å². The van der Waals surface area contributed by atoms with Gasteiger partial charge < -0.3 is 9.84 Å². The third-order valence-corrected chi connectivity index (χ3v) is 3.54. The van der Waals surface area contributed by atoms with Gasteiger partial charge in [-0.15, -0.1) is 0 Å². The first-order valence-corrected chi connectivity index (χ1v) is 6.98. The summed E-state index contributed by atoms with van der Waals surface area (Å²) in [5, 5.41) is 9.41. The van der Waals surface area contributed by atoms with E-state index in [9.17, 15) is 9.90 Å². The SMILES string of the molecule is Cc1ccc(CC(Oc2ccccc2C)C(=O)O)c(C)c1. The second kappa shape index (κ2) is 6.44. The molecule has 0 heterocycles. The maximum atomic E-state index is 11.5. The number of para-hydroxylation sites is 1. The number of hydrogen-bond donors (Lipinski definition) is 1. The minimum Gasteiger partial charge on any atom is -0.478 e. The third kappa shape index (κ3) is 3.85. The van der Waals surface area contributed by atoms with E-state index in [1.165, 1.54) is 5.56 Å². The highest BCUT2D eigenvalue weighted by Gasteiger charge is 2.21. The van der Waals surface area contributed by atoms with Gasteiger partial charge in [-0.25, -0.2) is 4.79 Å². The van der Waals surface area contributed by atoms with Crippen molar-refractivity contribution in [3.63, 3.8) is 0 Å². The van der Waals surface area contributed by atoms with Crippen LogP contribution in [0.1, 0.15) is 22.3 Å². The topological polar surface area (TPSA) is 46.5 Å². The molecule has 0 aliphatic rings. The molecule has 2 rings (SSSR count). The summed E-state index contributed by atoms with van der Waals surface area (Å²) in [7, 11) is 0. The van der Waals surface area contributed by atoms with Crippen LogP contribution in [0, 0.1) is 20.8 Å². The number of hydrogen-bond acceptors (Lipinski definition) is 2. The number of ether oxygens (including phenoxy) is 1. The Bertz CT molecular complexity index is 647. The van der Waals surface area contributed by atoms with Crippen LogP contribution in [0.3, 0.4) is 0 Å². The fourth-order valence-corrected chi connectivity index (χ4v) is 2.30. The predicted octanol–water partition coefficient (Wildman–Crippen LogP) is 3.69. The highest BCUT2D eigenvalue weighted by molar-refractivity contribution is 5.73. The number of benzene rings is 2. The minimum atomic E-state index is -0.946. The summed E-state index contributed by atoms with van der Waals surface area (Å²) in [6.45, 7) is 5.93. The number of carboxylic acid groups (broad SMARTS) is 1. The highest BCUT2D eigenvalue weighted by atomic mass is 16.5. The van der Waals surface area contributed by atoms with Crippen LogP contribution in [0.25, 0.3) is 0 Å². The van der Waals surface area contributed by atoms with Gasteiger partial charge in [-0.1, -0.05) is 42.0 Å². The van der Waals surface area contributed by atoms with Gasteiger partial charge in [-0.3, -0.25) is 0 Å². The molecule has 21 heavy (non-hydrogen) atoms. The van der Waals surface area contributed by atoms with Crippen molar-refractivity contribution in [2.75, 3.05) is 0 Å². The summed E-state index contributed by atoms with van der Waals surface area (Å²) in [5.41, 5.74) is 4.20. The molecule has 3 heteroatoms. The summed E-state index contributed by atoms with van der Waals surface area (Å²) in [5.74, 6) is -0.326. The molecule has 2 aromatic rings. The zero-order valence-electron chi connectivity index (χ0n) is 12.6. The lowest BCUT2D eigenvalue weighted by Gasteiger charge is -2.18. The van der Waals surface area contributed by atoms with Crippen molar-refractivity contribution >= 4 is 5.97 Å². The van der Waals surface area contributed by atoms with Crippen LogP contribution in [0.15, 0.2) is 42.5 Å². The Labute approximate surface area is 125 Å². The zero-order valence-corrected chi connectivity index (χ0v) is 12.6.